The lowest BCUT2D eigenvalue weighted by Gasteiger charge is -2.22. The van der Waals surface area contributed by atoms with E-state index >= 15 is 0 Å². The van der Waals surface area contributed by atoms with E-state index in [0.29, 0.717) is 0 Å². The number of unbranched alkanes of at least 4 members (excludes halogenated alkanes) is 1. The van der Waals surface area contributed by atoms with Crippen LogP contribution in [0, 0.1) is 5.92 Å². The highest BCUT2D eigenvalue weighted by Crippen LogP contribution is 2.16. The Morgan fingerprint density at radius 3 is 2.43 bits per heavy atom. The second-order valence-electron chi connectivity index (χ2n) is 4.52. The maximum atomic E-state index is 11.6. The molecule has 0 saturated carbocycles. The second kappa shape index (κ2) is 5.84. The minimum absolute atomic E-state index is 0.144. The molecule has 0 heterocycles. The zero-order valence-electron chi connectivity index (χ0n) is 9.80. The molecule has 0 aliphatic rings. The quantitative estimate of drug-likeness (QED) is 0.500. The van der Waals surface area contributed by atoms with Gasteiger partial charge in [0.1, 0.15) is 5.60 Å². The molecule has 0 rings (SSSR count). The van der Waals surface area contributed by atoms with Crippen molar-refractivity contribution in [1.82, 2.24) is 0 Å². The minimum atomic E-state index is -0.398. The van der Waals surface area contributed by atoms with Crippen LogP contribution in [0.5, 0.6) is 0 Å². The van der Waals surface area contributed by atoms with Crippen molar-refractivity contribution in [3.63, 3.8) is 0 Å². The summed E-state index contributed by atoms with van der Waals surface area (Å²) >= 11 is 0. The molecule has 2 nitrogen and oxygen atoms in total. The highest BCUT2D eigenvalue weighted by Gasteiger charge is 2.22. The molecule has 0 aromatic carbocycles. The normalized spacial score (nSPS) is 13.4. The van der Waals surface area contributed by atoms with Crippen molar-refractivity contribution in [2.45, 2.75) is 52.6 Å². The lowest BCUT2D eigenvalue weighted by atomic mass is 10.0. The third-order valence-electron chi connectivity index (χ3n) is 1.86. The lowest BCUT2D eigenvalue weighted by Crippen LogP contribution is -2.28. The predicted molar refractivity (Wildman–Crippen MR) is 59.1 cm³/mol. The third kappa shape index (κ3) is 5.79. The molecule has 0 aromatic heterocycles. The average molecular weight is 198 g/mol. The van der Waals surface area contributed by atoms with Crippen molar-refractivity contribution in [2.24, 2.45) is 5.92 Å². The molecule has 0 aliphatic carbocycles. The van der Waals surface area contributed by atoms with Gasteiger partial charge in [0.05, 0.1) is 5.92 Å². The number of esters is 1. The monoisotopic (exact) mass is 198 g/mol. The van der Waals surface area contributed by atoms with Gasteiger partial charge in [-0.3, -0.25) is 4.79 Å². The summed E-state index contributed by atoms with van der Waals surface area (Å²) in [6.07, 6.45) is 4.65. The molecule has 0 saturated heterocycles. The highest BCUT2D eigenvalue weighted by molar-refractivity contribution is 5.74. The molecule has 82 valence electrons. The minimum Gasteiger partial charge on any atom is -0.460 e. The first-order valence-electron chi connectivity index (χ1n) is 5.26. The van der Waals surface area contributed by atoms with Crippen molar-refractivity contribution in [1.29, 1.82) is 0 Å². The van der Waals surface area contributed by atoms with Crippen molar-refractivity contribution >= 4 is 5.97 Å². The standard InChI is InChI=1S/C12H22O2/c1-6-8-9-10(7-2)11(13)14-12(3,4)5/h7,10H,2,6,8-9H2,1,3-5H3. The van der Waals surface area contributed by atoms with Crippen molar-refractivity contribution in [3.8, 4) is 0 Å². The molecule has 1 atom stereocenters. The first kappa shape index (κ1) is 13.2. The maximum Gasteiger partial charge on any atom is 0.313 e. The van der Waals surface area contributed by atoms with Gasteiger partial charge >= 0.3 is 5.97 Å². The molecule has 14 heavy (non-hydrogen) atoms. The van der Waals surface area contributed by atoms with Crippen molar-refractivity contribution < 1.29 is 9.53 Å². The van der Waals surface area contributed by atoms with E-state index in [-0.39, 0.29) is 11.9 Å². The zero-order chi connectivity index (χ0) is 11.2. The molecule has 0 fully saturated rings. The molecule has 0 N–H and O–H groups in total. The predicted octanol–water partition coefficient (Wildman–Crippen LogP) is 3.32. The summed E-state index contributed by atoms with van der Waals surface area (Å²) in [5.41, 5.74) is -0.398. The lowest BCUT2D eigenvalue weighted by molar-refractivity contribution is -0.158. The van der Waals surface area contributed by atoms with E-state index in [2.05, 4.69) is 13.5 Å². The van der Waals surface area contributed by atoms with E-state index < -0.39 is 5.60 Å². The van der Waals surface area contributed by atoms with Crippen LogP contribution in [0.1, 0.15) is 47.0 Å². The number of hydrogen-bond donors (Lipinski definition) is 0. The van der Waals surface area contributed by atoms with Gasteiger partial charge in [-0.1, -0.05) is 25.8 Å². The molecular weight excluding hydrogens is 176 g/mol. The van der Waals surface area contributed by atoms with E-state index in [9.17, 15) is 4.79 Å². The molecule has 0 aromatic rings. The summed E-state index contributed by atoms with van der Waals surface area (Å²) in [4.78, 5) is 11.6. The second-order valence-corrected chi connectivity index (χ2v) is 4.52. The average Bonchev–Trinajstić information content (AvgIpc) is 2.02. The first-order chi connectivity index (χ1) is 6.40. The summed E-state index contributed by atoms with van der Waals surface area (Å²) < 4.78 is 5.28. The van der Waals surface area contributed by atoms with Crippen LogP contribution < -0.4 is 0 Å². The Labute approximate surface area is 87.3 Å². The zero-order valence-corrected chi connectivity index (χ0v) is 9.80. The molecule has 1 unspecified atom stereocenters. The van der Waals surface area contributed by atoms with Crippen LogP contribution >= 0.6 is 0 Å². The van der Waals surface area contributed by atoms with Gasteiger partial charge in [0, 0.05) is 0 Å². The molecular formula is C12H22O2. The van der Waals surface area contributed by atoms with Crippen LogP contribution in [0.15, 0.2) is 12.7 Å². The number of hydrogen-bond acceptors (Lipinski definition) is 2. The van der Waals surface area contributed by atoms with Gasteiger partial charge < -0.3 is 4.74 Å². The highest BCUT2D eigenvalue weighted by atomic mass is 16.6. The fourth-order valence-corrected chi connectivity index (χ4v) is 1.13. The summed E-state index contributed by atoms with van der Waals surface area (Å²) in [7, 11) is 0. The SMILES string of the molecule is C=CC(CCCC)C(=O)OC(C)(C)C. The first-order valence-corrected chi connectivity index (χ1v) is 5.26. The number of ether oxygens (including phenoxy) is 1. The Hall–Kier alpha value is -0.790. The van der Waals surface area contributed by atoms with Crippen LogP contribution in [0.2, 0.25) is 0 Å². The third-order valence-corrected chi connectivity index (χ3v) is 1.86. The Balaban J connectivity index is 4.11. The molecule has 0 amide bonds. The summed E-state index contributed by atoms with van der Waals surface area (Å²) in [5.74, 6) is -0.296. The fraction of sp³-hybridized carbons (Fsp3) is 0.750. The van der Waals surface area contributed by atoms with E-state index in [1.54, 1.807) is 6.08 Å². The van der Waals surface area contributed by atoms with Crippen molar-refractivity contribution in [2.75, 3.05) is 0 Å². The number of carbonyl (C=O) groups is 1. The summed E-state index contributed by atoms with van der Waals surface area (Å²) in [6, 6.07) is 0. The van der Waals surface area contributed by atoms with Gasteiger partial charge in [0.15, 0.2) is 0 Å². The van der Waals surface area contributed by atoms with Gasteiger partial charge in [-0.2, -0.15) is 0 Å². The van der Waals surface area contributed by atoms with E-state index in [1.807, 2.05) is 20.8 Å². The van der Waals surface area contributed by atoms with Gasteiger partial charge in [-0.15, -0.1) is 6.58 Å². The Kier molecular flexibility index (Phi) is 5.51. The Morgan fingerprint density at radius 2 is 2.07 bits per heavy atom. The van der Waals surface area contributed by atoms with E-state index in [4.69, 9.17) is 4.74 Å². The van der Waals surface area contributed by atoms with Crippen LogP contribution in [-0.4, -0.2) is 11.6 Å². The van der Waals surface area contributed by atoms with Crippen LogP contribution in [0.3, 0.4) is 0 Å². The number of rotatable bonds is 5. The Morgan fingerprint density at radius 1 is 1.50 bits per heavy atom. The molecule has 0 radical (unpaired) electrons. The van der Waals surface area contributed by atoms with Crippen LogP contribution in [0.4, 0.5) is 0 Å². The van der Waals surface area contributed by atoms with Gasteiger partial charge in [0.25, 0.3) is 0 Å². The molecule has 0 aliphatic heterocycles. The van der Waals surface area contributed by atoms with Gasteiger partial charge in [-0.05, 0) is 27.2 Å². The van der Waals surface area contributed by atoms with Crippen LogP contribution in [0.25, 0.3) is 0 Å². The largest absolute Gasteiger partial charge is 0.460 e. The fourth-order valence-electron chi connectivity index (χ4n) is 1.13. The smallest absolute Gasteiger partial charge is 0.313 e. The van der Waals surface area contributed by atoms with Crippen molar-refractivity contribution in [3.05, 3.63) is 12.7 Å². The Bertz CT molecular complexity index is 189. The maximum absolute atomic E-state index is 11.6. The van der Waals surface area contributed by atoms with Gasteiger partial charge in [-0.25, -0.2) is 0 Å². The number of carbonyl (C=O) groups excluding carboxylic acids is 1. The topological polar surface area (TPSA) is 26.3 Å². The van der Waals surface area contributed by atoms with Crippen LogP contribution in [-0.2, 0) is 9.53 Å². The molecule has 0 bridgehead atoms. The summed E-state index contributed by atoms with van der Waals surface area (Å²) in [5, 5.41) is 0. The van der Waals surface area contributed by atoms with Gasteiger partial charge in [0.2, 0.25) is 0 Å². The van der Waals surface area contributed by atoms with E-state index in [0.717, 1.165) is 19.3 Å². The molecule has 2 heteroatoms. The summed E-state index contributed by atoms with van der Waals surface area (Å²) in [6.45, 7) is 11.4. The van der Waals surface area contributed by atoms with E-state index in [1.165, 1.54) is 0 Å². The molecule has 0 spiro atoms.